The number of carbonyl (C=O) groups is 1. The van der Waals surface area contributed by atoms with Crippen molar-refractivity contribution in [1.82, 2.24) is 4.90 Å². The fourth-order valence-electron chi connectivity index (χ4n) is 1.99. The molecule has 100 valence electrons. The molecule has 0 saturated heterocycles. The van der Waals surface area contributed by atoms with Crippen molar-refractivity contribution in [2.24, 2.45) is 0 Å². The van der Waals surface area contributed by atoms with Crippen LogP contribution in [0.3, 0.4) is 0 Å². The fraction of sp³-hybridized carbons (Fsp3) is 0.500. The molecule has 18 heavy (non-hydrogen) atoms. The predicted molar refractivity (Wildman–Crippen MR) is 68.9 cm³/mol. The topological polar surface area (TPSA) is 40.5 Å². The van der Waals surface area contributed by atoms with Gasteiger partial charge in [-0.1, -0.05) is 13.0 Å². The van der Waals surface area contributed by atoms with Crippen LogP contribution >= 0.6 is 0 Å². The number of halogens is 1. The van der Waals surface area contributed by atoms with E-state index in [1.165, 1.54) is 12.1 Å². The molecule has 0 saturated carbocycles. The minimum Gasteiger partial charge on any atom is -0.481 e. The van der Waals surface area contributed by atoms with E-state index in [0.717, 1.165) is 17.7 Å². The fourth-order valence-corrected chi connectivity index (χ4v) is 1.99. The SMILES string of the molecule is CCN(Cc1cc(F)ccc1C)C(C)CC(=O)O. The van der Waals surface area contributed by atoms with Crippen LogP contribution in [0.4, 0.5) is 4.39 Å². The molecular formula is C14H20FNO2. The second-order valence-corrected chi connectivity index (χ2v) is 4.58. The quantitative estimate of drug-likeness (QED) is 0.847. The number of benzene rings is 1. The third-order valence-corrected chi connectivity index (χ3v) is 3.18. The van der Waals surface area contributed by atoms with Gasteiger partial charge in [-0.3, -0.25) is 9.69 Å². The Morgan fingerprint density at radius 1 is 1.50 bits per heavy atom. The van der Waals surface area contributed by atoms with Crippen LogP contribution in [0.25, 0.3) is 0 Å². The molecule has 0 spiro atoms. The van der Waals surface area contributed by atoms with E-state index in [1.54, 1.807) is 6.07 Å². The maximum absolute atomic E-state index is 13.2. The molecule has 1 aromatic carbocycles. The molecule has 1 rings (SSSR count). The number of carboxylic acids is 1. The molecule has 0 aliphatic heterocycles. The van der Waals surface area contributed by atoms with Gasteiger partial charge in [-0.15, -0.1) is 0 Å². The lowest BCUT2D eigenvalue weighted by Gasteiger charge is -2.27. The molecule has 0 amide bonds. The minimum absolute atomic E-state index is 0.0600. The van der Waals surface area contributed by atoms with Gasteiger partial charge in [-0.05, 0) is 43.7 Å². The Labute approximate surface area is 107 Å². The molecule has 0 aliphatic carbocycles. The van der Waals surface area contributed by atoms with E-state index < -0.39 is 5.97 Å². The Bertz CT molecular complexity index is 420. The Morgan fingerprint density at radius 3 is 2.72 bits per heavy atom. The summed E-state index contributed by atoms with van der Waals surface area (Å²) in [5.74, 6) is -1.06. The van der Waals surface area contributed by atoms with Crippen molar-refractivity contribution < 1.29 is 14.3 Å². The lowest BCUT2D eigenvalue weighted by molar-refractivity contribution is -0.138. The summed E-state index contributed by atoms with van der Waals surface area (Å²) in [6, 6.07) is 4.65. The van der Waals surface area contributed by atoms with Crippen LogP contribution in [-0.2, 0) is 11.3 Å². The summed E-state index contributed by atoms with van der Waals surface area (Å²) in [6.45, 7) is 7.11. The molecular weight excluding hydrogens is 233 g/mol. The normalized spacial score (nSPS) is 12.7. The minimum atomic E-state index is -0.808. The van der Waals surface area contributed by atoms with Crippen molar-refractivity contribution in [3.05, 3.63) is 35.1 Å². The second-order valence-electron chi connectivity index (χ2n) is 4.58. The van der Waals surface area contributed by atoms with Gasteiger partial charge in [0.25, 0.3) is 0 Å². The van der Waals surface area contributed by atoms with Crippen LogP contribution in [0.2, 0.25) is 0 Å². The summed E-state index contributed by atoms with van der Waals surface area (Å²) in [6.07, 6.45) is 0.0994. The Kier molecular flexibility index (Phi) is 5.28. The molecule has 0 radical (unpaired) electrons. The van der Waals surface area contributed by atoms with E-state index in [-0.39, 0.29) is 18.3 Å². The molecule has 0 fully saturated rings. The summed E-state index contributed by atoms with van der Waals surface area (Å²) >= 11 is 0. The third-order valence-electron chi connectivity index (χ3n) is 3.18. The molecule has 0 aromatic heterocycles. The van der Waals surface area contributed by atoms with Crippen LogP contribution in [0, 0.1) is 12.7 Å². The highest BCUT2D eigenvalue weighted by Gasteiger charge is 2.16. The van der Waals surface area contributed by atoms with Crippen LogP contribution in [0.1, 0.15) is 31.4 Å². The van der Waals surface area contributed by atoms with E-state index in [1.807, 2.05) is 25.7 Å². The summed E-state index contributed by atoms with van der Waals surface area (Å²) in [5.41, 5.74) is 1.94. The molecule has 1 atom stereocenters. The first-order chi connectivity index (χ1) is 8.43. The van der Waals surface area contributed by atoms with Crippen molar-refractivity contribution in [2.45, 2.75) is 39.8 Å². The Balaban J connectivity index is 2.79. The van der Waals surface area contributed by atoms with Gasteiger partial charge in [-0.2, -0.15) is 0 Å². The number of carboxylic acid groups (broad SMARTS) is 1. The average Bonchev–Trinajstić information content (AvgIpc) is 2.29. The van der Waals surface area contributed by atoms with Crippen LogP contribution < -0.4 is 0 Å². The lowest BCUT2D eigenvalue weighted by atomic mass is 10.1. The van der Waals surface area contributed by atoms with E-state index in [9.17, 15) is 9.18 Å². The zero-order valence-electron chi connectivity index (χ0n) is 11.1. The molecule has 1 aromatic rings. The Morgan fingerprint density at radius 2 is 2.17 bits per heavy atom. The van der Waals surface area contributed by atoms with E-state index in [2.05, 4.69) is 0 Å². The van der Waals surface area contributed by atoms with E-state index >= 15 is 0 Å². The predicted octanol–water partition coefficient (Wildman–Crippen LogP) is 2.82. The van der Waals surface area contributed by atoms with Crippen molar-refractivity contribution in [3.8, 4) is 0 Å². The zero-order chi connectivity index (χ0) is 13.7. The van der Waals surface area contributed by atoms with Gasteiger partial charge in [-0.25, -0.2) is 4.39 Å². The maximum atomic E-state index is 13.2. The number of hydrogen-bond acceptors (Lipinski definition) is 2. The van der Waals surface area contributed by atoms with Crippen LogP contribution in [0.5, 0.6) is 0 Å². The van der Waals surface area contributed by atoms with Gasteiger partial charge in [0.1, 0.15) is 5.82 Å². The van der Waals surface area contributed by atoms with Crippen molar-refractivity contribution in [1.29, 1.82) is 0 Å². The molecule has 4 heteroatoms. The molecule has 1 N–H and O–H groups in total. The monoisotopic (exact) mass is 253 g/mol. The van der Waals surface area contributed by atoms with Crippen LogP contribution in [0.15, 0.2) is 18.2 Å². The van der Waals surface area contributed by atoms with Gasteiger partial charge < -0.3 is 5.11 Å². The molecule has 1 unspecified atom stereocenters. The standard InChI is InChI=1S/C14H20FNO2/c1-4-16(11(3)7-14(17)18)9-12-8-13(15)6-5-10(12)2/h5-6,8,11H,4,7,9H2,1-3H3,(H,17,18). The van der Waals surface area contributed by atoms with E-state index in [4.69, 9.17) is 5.11 Å². The number of rotatable bonds is 6. The first-order valence-corrected chi connectivity index (χ1v) is 6.15. The number of aliphatic carboxylic acids is 1. The highest BCUT2D eigenvalue weighted by atomic mass is 19.1. The third kappa shape index (κ3) is 4.11. The van der Waals surface area contributed by atoms with Crippen molar-refractivity contribution in [2.75, 3.05) is 6.54 Å². The van der Waals surface area contributed by atoms with Gasteiger partial charge >= 0.3 is 5.97 Å². The first-order valence-electron chi connectivity index (χ1n) is 6.15. The van der Waals surface area contributed by atoms with Gasteiger partial charge in [0, 0.05) is 12.6 Å². The number of aryl methyl sites for hydroxylation is 1. The lowest BCUT2D eigenvalue weighted by Crippen LogP contribution is -2.34. The van der Waals surface area contributed by atoms with Gasteiger partial charge in [0.2, 0.25) is 0 Å². The smallest absolute Gasteiger partial charge is 0.304 e. The van der Waals surface area contributed by atoms with E-state index in [0.29, 0.717) is 6.54 Å². The summed E-state index contributed by atoms with van der Waals surface area (Å²) < 4.78 is 13.2. The Hall–Kier alpha value is -1.42. The number of nitrogens with zero attached hydrogens (tertiary/aromatic N) is 1. The summed E-state index contributed by atoms with van der Waals surface area (Å²) in [5, 5.41) is 8.81. The zero-order valence-corrected chi connectivity index (χ0v) is 11.1. The first kappa shape index (κ1) is 14.6. The number of hydrogen-bond donors (Lipinski definition) is 1. The highest BCUT2D eigenvalue weighted by Crippen LogP contribution is 2.15. The van der Waals surface area contributed by atoms with Crippen molar-refractivity contribution >= 4 is 5.97 Å². The highest BCUT2D eigenvalue weighted by molar-refractivity contribution is 5.67. The molecule has 0 bridgehead atoms. The molecule has 0 heterocycles. The average molecular weight is 253 g/mol. The van der Waals surface area contributed by atoms with Gasteiger partial charge in [0.05, 0.1) is 6.42 Å². The molecule has 3 nitrogen and oxygen atoms in total. The maximum Gasteiger partial charge on any atom is 0.304 e. The molecule has 0 aliphatic rings. The summed E-state index contributed by atoms with van der Waals surface area (Å²) in [4.78, 5) is 12.8. The largest absolute Gasteiger partial charge is 0.481 e. The second kappa shape index (κ2) is 6.50. The van der Waals surface area contributed by atoms with Crippen LogP contribution in [-0.4, -0.2) is 28.6 Å². The van der Waals surface area contributed by atoms with Crippen molar-refractivity contribution in [3.63, 3.8) is 0 Å². The van der Waals surface area contributed by atoms with Gasteiger partial charge in [0.15, 0.2) is 0 Å². The summed E-state index contributed by atoms with van der Waals surface area (Å²) in [7, 11) is 0.